The highest BCUT2D eigenvalue weighted by atomic mass is 32.1. The van der Waals surface area contributed by atoms with E-state index in [-0.39, 0.29) is 17.9 Å². The van der Waals surface area contributed by atoms with Crippen molar-refractivity contribution in [3.63, 3.8) is 0 Å². The summed E-state index contributed by atoms with van der Waals surface area (Å²) in [6.07, 6.45) is 10.1. The molecule has 3 aromatic rings. The van der Waals surface area contributed by atoms with Crippen molar-refractivity contribution in [1.29, 1.82) is 0 Å². The number of hydrogen-bond donors (Lipinski definition) is 1. The Morgan fingerprint density at radius 1 is 0.967 bits per heavy atom. The molecule has 3 heterocycles. The van der Waals surface area contributed by atoms with Gasteiger partial charge in [-0.15, -0.1) is 0 Å². The van der Waals surface area contributed by atoms with E-state index in [1.54, 1.807) is 18.3 Å². The summed E-state index contributed by atoms with van der Waals surface area (Å²) in [6.45, 7) is 0. The molecule has 0 unspecified atom stereocenters. The van der Waals surface area contributed by atoms with Gasteiger partial charge in [0.2, 0.25) is 0 Å². The van der Waals surface area contributed by atoms with Gasteiger partial charge in [0.15, 0.2) is 5.11 Å². The van der Waals surface area contributed by atoms with Crippen molar-refractivity contribution in [2.45, 2.75) is 50.2 Å². The van der Waals surface area contributed by atoms with Crippen LogP contribution in [0.25, 0.3) is 0 Å². The lowest BCUT2D eigenvalue weighted by molar-refractivity contribution is 0.339. The van der Waals surface area contributed by atoms with Crippen LogP contribution in [0.4, 0.5) is 10.1 Å². The van der Waals surface area contributed by atoms with Crippen molar-refractivity contribution in [2.24, 2.45) is 0 Å². The highest BCUT2D eigenvalue weighted by molar-refractivity contribution is 7.80. The van der Waals surface area contributed by atoms with Gasteiger partial charge in [-0.25, -0.2) is 4.39 Å². The molecule has 1 saturated heterocycles. The highest BCUT2D eigenvalue weighted by Gasteiger charge is 2.43. The first-order valence-electron chi connectivity index (χ1n) is 10.7. The molecule has 1 N–H and O–H groups in total. The Labute approximate surface area is 181 Å². The number of nitrogens with one attached hydrogen (secondary N) is 1. The van der Waals surface area contributed by atoms with Gasteiger partial charge in [-0.1, -0.05) is 37.5 Å². The maximum absolute atomic E-state index is 14.9. The third-order valence-corrected chi connectivity index (χ3v) is 6.61. The molecule has 2 fully saturated rings. The van der Waals surface area contributed by atoms with Crippen LogP contribution in [-0.4, -0.2) is 14.7 Å². The van der Waals surface area contributed by atoms with Gasteiger partial charge >= 0.3 is 0 Å². The first-order chi connectivity index (χ1) is 14.7. The zero-order valence-corrected chi connectivity index (χ0v) is 17.6. The lowest BCUT2D eigenvalue weighted by Crippen LogP contribution is -2.31. The molecule has 5 rings (SSSR count). The second-order valence-corrected chi connectivity index (χ2v) is 8.47. The maximum atomic E-state index is 14.9. The number of para-hydroxylation sites is 1. The number of benzene rings is 1. The third kappa shape index (κ3) is 3.39. The van der Waals surface area contributed by atoms with Gasteiger partial charge < -0.3 is 14.8 Å². The summed E-state index contributed by atoms with van der Waals surface area (Å²) < 4.78 is 17.3. The SMILES string of the molecule is Fc1ccccc1N1C(=S)N[C@@H](c2ccccn2)[C@H]1c1cccn1C1CCCCC1. The van der Waals surface area contributed by atoms with E-state index >= 15 is 0 Å². The van der Waals surface area contributed by atoms with Crippen LogP contribution >= 0.6 is 12.2 Å². The predicted molar refractivity (Wildman–Crippen MR) is 121 cm³/mol. The summed E-state index contributed by atoms with van der Waals surface area (Å²) in [7, 11) is 0. The second kappa shape index (κ2) is 8.19. The van der Waals surface area contributed by atoms with E-state index in [4.69, 9.17) is 12.2 Å². The van der Waals surface area contributed by atoms with Gasteiger partial charge in [0.1, 0.15) is 11.9 Å². The van der Waals surface area contributed by atoms with Gasteiger partial charge in [-0.05, 0) is 61.5 Å². The molecule has 2 atom stereocenters. The summed E-state index contributed by atoms with van der Waals surface area (Å²) in [5, 5.41) is 3.95. The fraction of sp³-hybridized carbons (Fsp3) is 0.333. The van der Waals surface area contributed by atoms with Crippen molar-refractivity contribution in [3.8, 4) is 0 Å². The minimum atomic E-state index is -0.274. The van der Waals surface area contributed by atoms with E-state index < -0.39 is 0 Å². The molecule has 1 saturated carbocycles. The van der Waals surface area contributed by atoms with Crippen molar-refractivity contribution in [3.05, 3.63) is 84.2 Å². The molecule has 2 aromatic heterocycles. The molecule has 0 radical (unpaired) electrons. The summed E-state index contributed by atoms with van der Waals surface area (Å²) in [4.78, 5) is 6.53. The van der Waals surface area contributed by atoms with Crippen LogP contribution in [0.5, 0.6) is 0 Å². The highest BCUT2D eigenvalue weighted by Crippen LogP contribution is 2.44. The Morgan fingerprint density at radius 2 is 1.77 bits per heavy atom. The Balaban J connectivity index is 1.63. The van der Waals surface area contributed by atoms with E-state index in [0.29, 0.717) is 16.8 Å². The Morgan fingerprint density at radius 3 is 2.53 bits per heavy atom. The van der Waals surface area contributed by atoms with Crippen LogP contribution < -0.4 is 10.2 Å². The quantitative estimate of drug-likeness (QED) is 0.549. The lowest BCUT2D eigenvalue weighted by Gasteiger charge is -2.32. The Bertz CT molecular complexity index is 1030. The molecule has 1 aliphatic heterocycles. The van der Waals surface area contributed by atoms with E-state index in [9.17, 15) is 4.39 Å². The standard InChI is InChI=1S/C24H25FN4S/c25-18-11-4-5-13-20(18)29-23(22(27-24(29)30)19-12-6-7-15-26-19)21-14-8-16-28(21)17-9-2-1-3-10-17/h4-8,11-17,22-23H,1-3,9-10H2,(H,27,30)/t22-,23+/m0/s1. The molecule has 6 heteroatoms. The van der Waals surface area contributed by atoms with Crippen molar-refractivity contribution in [2.75, 3.05) is 4.90 Å². The normalized spacial score (nSPS) is 22.3. The molecule has 0 bridgehead atoms. The number of thiocarbonyl (C=S) groups is 1. The average Bonchev–Trinajstić information content (AvgIpc) is 3.40. The molecular formula is C24H25FN4S. The zero-order valence-electron chi connectivity index (χ0n) is 16.7. The number of rotatable bonds is 4. The molecule has 0 amide bonds. The number of nitrogens with zero attached hydrogens (tertiary/aromatic N) is 3. The summed E-state index contributed by atoms with van der Waals surface area (Å²) in [5.74, 6) is -0.274. The number of anilines is 1. The van der Waals surface area contributed by atoms with Gasteiger partial charge in [-0.2, -0.15) is 0 Å². The monoisotopic (exact) mass is 420 g/mol. The van der Waals surface area contributed by atoms with Crippen LogP contribution in [0.1, 0.15) is 61.6 Å². The molecule has 30 heavy (non-hydrogen) atoms. The zero-order chi connectivity index (χ0) is 20.5. The van der Waals surface area contributed by atoms with E-state index in [2.05, 4.69) is 33.2 Å². The average molecular weight is 421 g/mol. The van der Waals surface area contributed by atoms with Gasteiger partial charge in [0.05, 0.1) is 17.4 Å². The van der Waals surface area contributed by atoms with Crippen LogP contribution in [0.2, 0.25) is 0 Å². The third-order valence-electron chi connectivity index (χ3n) is 6.29. The van der Waals surface area contributed by atoms with Gasteiger partial charge in [0, 0.05) is 24.1 Å². The second-order valence-electron chi connectivity index (χ2n) is 8.08. The van der Waals surface area contributed by atoms with Gasteiger partial charge in [0.25, 0.3) is 0 Å². The minimum absolute atomic E-state index is 0.157. The maximum Gasteiger partial charge on any atom is 0.174 e. The fourth-order valence-corrected chi connectivity index (χ4v) is 5.25. The van der Waals surface area contributed by atoms with E-state index in [1.807, 2.05) is 29.2 Å². The van der Waals surface area contributed by atoms with Crippen LogP contribution in [0.3, 0.4) is 0 Å². The number of pyridine rings is 1. The predicted octanol–water partition coefficient (Wildman–Crippen LogP) is 5.70. The molecule has 2 aliphatic rings. The van der Waals surface area contributed by atoms with Crippen molar-refractivity contribution < 1.29 is 4.39 Å². The molecule has 1 aromatic carbocycles. The van der Waals surface area contributed by atoms with E-state index in [1.165, 1.54) is 38.2 Å². The van der Waals surface area contributed by atoms with Crippen molar-refractivity contribution >= 4 is 23.0 Å². The largest absolute Gasteiger partial charge is 0.351 e. The summed E-state index contributed by atoms with van der Waals surface area (Å²) >= 11 is 5.72. The summed E-state index contributed by atoms with van der Waals surface area (Å²) in [5.41, 5.74) is 2.54. The fourth-order valence-electron chi connectivity index (χ4n) is 4.91. The Hall–Kier alpha value is -2.73. The number of aromatic nitrogens is 2. The number of hydrogen-bond acceptors (Lipinski definition) is 2. The summed E-state index contributed by atoms with van der Waals surface area (Å²) in [6, 6.07) is 17.1. The minimum Gasteiger partial charge on any atom is -0.351 e. The molecular weight excluding hydrogens is 395 g/mol. The van der Waals surface area contributed by atoms with Crippen LogP contribution in [-0.2, 0) is 0 Å². The molecule has 154 valence electrons. The smallest absolute Gasteiger partial charge is 0.174 e. The van der Waals surface area contributed by atoms with Gasteiger partial charge in [-0.3, -0.25) is 4.98 Å². The van der Waals surface area contributed by atoms with Crippen LogP contribution in [0, 0.1) is 5.82 Å². The first kappa shape index (κ1) is 19.2. The number of halogens is 1. The Kier molecular flexibility index (Phi) is 5.25. The lowest BCUT2D eigenvalue weighted by atomic mass is 9.94. The molecule has 1 aliphatic carbocycles. The van der Waals surface area contributed by atoms with E-state index in [0.717, 1.165) is 11.4 Å². The first-order valence-corrected chi connectivity index (χ1v) is 11.1. The molecule has 0 spiro atoms. The molecule has 4 nitrogen and oxygen atoms in total. The topological polar surface area (TPSA) is 33.1 Å². The van der Waals surface area contributed by atoms with Crippen LogP contribution in [0.15, 0.2) is 67.0 Å². The van der Waals surface area contributed by atoms with Crippen molar-refractivity contribution in [1.82, 2.24) is 14.9 Å².